The summed E-state index contributed by atoms with van der Waals surface area (Å²) < 4.78 is 0.814. The number of benzene rings is 1. The molecular formula is C16H16BrN3O2. The molecule has 1 atom stereocenters. The number of aromatic nitrogens is 1. The van der Waals surface area contributed by atoms with Gasteiger partial charge in [-0.05, 0) is 36.8 Å². The molecule has 0 unspecified atom stereocenters. The molecule has 114 valence electrons. The van der Waals surface area contributed by atoms with E-state index in [1.807, 2.05) is 12.1 Å². The summed E-state index contributed by atoms with van der Waals surface area (Å²) in [6.45, 7) is 2.03. The van der Waals surface area contributed by atoms with Crippen LogP contribution in [0, 0.1) is 0 Å². The first-order chi connectivity index (χ1) is 10.6. The largest absolute Gasteiger partial charge is 0.350 e. The maximum atomic E-state index is 12.1. The van der Waals surface area contributed by atoms with Crippen LogP contribution in [0.3, 0.4) is 0 Å². The number of pyridine rings is 1. The second-order valence-corrected chi connectivity index (χ2v) is 5.70. The first kappa shape index (κ1) is 16.2. The number of nitrogens with zero attached hydrogens (tertiary/aromatic N) is 1. The molecule has 5 nitrogen and oxygen atoms in total. The molecule has 0 bridgehead atoms. The van der Waals surface area contributed by atoms with Gasteiger partial charge in [0.05, 0.1) is 0 Å². The van der Waals surface area contributed by atoms with Crippen molar-refractivity contribution in [2.24, 2.45) is 0 Å². The molecule has 0 spiro atoms. The molecule has 1 aromatic heterocycles. The molecule has 2 aromatic rings. The summed E-state index contributed by atoms with van der Waals surface area (Å²) in [4.78, 5) is 28.0. The van der Waals surface area contributed by atoms with E-state index in [-0.39, 0.29) is 11.8 Å². The van der Waals surface area contributed by atoms with E-state index < -0.39 is 6.04 Å². The van der Waals surface area contributed by atoms with Gasteiger partial charge >= 0.3 is 0 Å². The number of amides is 2. The van der Waals surface area contributed by atoms with Crippen molar-refractivity contribution in [2.75, 3.05) is 0 Å². The Bertz CT molecular complexity index is 661. The van der Waals surface area contributed by atoms with Crippen molar-refractivity contribution >= 4 is 27.7 Å². The average molecular weight is 362 g/mol. The Morgan fingerprint density at radius 3 is 2.77 bits per heavy atom. The van der Waals surface area contributed by atoms with Crippen LogP contribution in [-0.4, -0.2) is 22.8 Å². The van der Waals surface area contributed by atoms with Gasteiger partial charge in [-0.25, -0.2) is 0 Å². The minimum Gasteiger partial charge on any atom is -0.350 e. The molecule has 2 amide bonds. The normalized spacial score (nSPS) is 11.5. The third-order valence-electron chi connectivity index (χ3n) is 3.02. The number of hydrogen-bond donors (Lipinski definition) is 2. The molecule has 0 aliphatic rings. The van der Waals surface area contributed by atoms with E-state index in [1.54, 1.807) is 43.6 Å². The van der Waals surface area contributed by atoms with Gasteiger partial charge < -0.3 is 10.6 Å². The van der Waals surface area contributed by atoms with Crippen molar-refractivity contribution in [1.29, 1.82) is 0 Å². The topological polar surface area (TPSA) is 71.1 Å². The summed E-state index contributed by atoms with van der Waals surface area (Å²) in [5, 5.41) is 5.44. The molecule has 22 heavy (non-hydrogen) atoms. The van der Waals surface area contributed by atoms with E-state index in [9.17, 15) is 9.59 Å². The number of carbonyl (C=O) groups excluding carboxylic acids is 2. The number of hydrogen-bond acceptors (Lipinski definition) is 3. The molecule has 0 fully saturated rings. The van der Waals surface area contributed by atoms with Gasteiger partial charge in [-0.1, -0.05) is 28.1 Å². The molecule has 0 radical (unpaired) electrons. The summed E-state index contributed by atoms with van der Waals surface area (Å²) in [6.07, 6.45) is 3.36. The third kappa shape index (κ3) is 4.66. The Balaban J connectivity index is 1.87. The van der Waals surface area contributed by atoms with Crippen LogP contribution in [0.5, 0.6) is 0 Å². The fourth-order valence-corrected chi connectivity index (χ4v) is 2.22. The second-order valence-electron chi connectivity index (χ2n) is 4.78. The van der Waals surface area contributed by atoms with Gasteiger partial charge in [-0.3, -0.25) is 14.6 Å². The zero-order valence-corrected chi connectivity index (χ0v) is 13.6. The lowest BCUT2D eigenvalue weighted by Gasteiger charge is -2.14. The number of halogens is 1. The molecule has 0 aliphatic heterocycles. The molecule has 2 N–H and O–H groups in total. The van der Waals surface area contributed by atoms with Crippen molar-refractivity contribution in [1.82, 2.24) is 15.6 Å². The summed E-state index contributed by atoms with van der Waals surface area (Å²) in [5.74, 6) is -0.530. The van der Waals surface area contributed by atoms with Crippen LogP contribution < -0.4 is 10.6 Å². The first-order valence-corrected chi connectivity index (χ1v) is 7.58. The molecule has 0 saturated heterocycles. The molecular weight excluding hydrogens is 346 g/mol. The van der Waals surface area contributed by atoms with Gasteiger partial charge in [0.2, 0.25) is 5.91 Å². The summed E-state index contributed by atoms with van der Waals surface area (Å²) in [5.41, 5.74) is 1.41. The van der Waals surface area contributed by atoms with E-state index in [0.29, 0.717) is 12.1 Å². The van der Waals surface area contributed by atoms with Gasteiger partial charge in [-0.15, -0.1) is 0 Å². The maximum Gasteiger partial charge on any atom is 0.251 e. The van der Waals surface area contributed by atoms with Gasteiger partial charge in [0, 0.05) is 29.0 Å². The summed E-state index contributed by atoms with van der Waals surface area (Å²) in [7, 11) is 0. The molecule has 2 rings (SSSR count). The quantitative estimate of drug-likeness (QED) is 0.857. The van der Waals surface area contributed by atoms with Gasteiger partial charge in [0.25, 0.3) is 5.91 Å². The highest BCUT2D eigenvalue weighted by molar-refractivity contribution is 9.10. The standard InChI is InChI=1S/C16H16BrN3O2/c1-11(15(21)19-10-12-4-3-7-18-9-12)20-16(22)13-5-2-6-14(17)8-13/h2-9,11H,10H2,1H3,(H,19,21)(H,20,22)/t11-/m1/s1. The lowest BCUT2D eigenvalue weighted by molar-refractivity contribution is -0.122. The Kier molecular flexibility index (Phi) is 5.66. The minimum absolute atomic E-state index is 0.243. The smallest absolute Gasteiger partial charge is 0.251 e. The van der Waals surface area contributed by atoms with Crippen LogP contribution in [-0.2, 0) is 11.3 Å². The lowest BCUT2D eigenvalue weighted by atomic mass is 10.2. The predicted molar refractivity (Wildman–Crippen MR) is 87.2 cm³/mol. The predicted octanol–water partition coefficient (Wildman–Crippen LogP) is 2.28. The Morgan fingerprint density at radius 1 is 1.27 bits per heavy atom. The Labute approximate surface area is 137 Å². The summed E-state index contributed by atoms with van der Waals surface area (Å²) >= 11 is 3.31. The van der Waals surface area contributed by atoms with Crippen molar-refractivity contribution in [2.45, 2.75) is 19.5 Å². The first-order valence-electron chi connectivity index (χ1n) is 6.79. The monoisotopic (exact) mass is 361 g/mol. The molecule has 0 aliphatic carbocycles. The number of nitrogens with one attached hydrogen (secondary N) is 2. The summed E-state index contributed by atoms with van der Waals surface area (Å²) in [6, 6.07) is 10.1. The Hall–Kier alpha value is -2.21. The fraction of sp³-hybridized carbons (Fsp3) is 0.188. The highest BCUT2D eigenvalue weighted by atomic mass is 79.9. The SMILES string of the molecule is C[C@@H](NC(=O)c1cccc(Br)c1)C(=O)NCc1cccnc1. The van der Waals surface area contributed by atoms with E-state index >= 15 is 0 Å². The zero-order valence-electron chi connectivity index (χ0n) is 12.0. The third-order valence-corrected chi connectivity index (χ3v) is 3.51. The van der Waals surface area contributed by atoms with Crippen LogP contribution in [0.2, 0.25) is 0 Å². The van der Waals surface area contributed by atoms with Crippen molar-refractivity contribution in [3.8, 4) is 0 Å². The second kappa shape index (κ2) is 7.70. The van der Waals surface area contributed by atoms with Gasteiger partial charge in [-0.2, -0.15) is 0 Å². The zero-order chi connectivity index (χ0) is 15.9. The van der Waals surface area contributed by atoms with Crippen molar-refractivity contribution in [3.05, 3.63) is 64.4 Å². The molecule has 6 heteroatoms. The van der Waals surface area contributed by atoms with Gasteiger partial charge in [0.1, 0.15) is 6.04 Å². The minimum atomic E-state index is -0.622. The fourth-order valence-electron chi connectivity index (χ4n) is 1.82. The van der Waals surface area contributed by atoms with Crippen LogP contribution in [0.1, 0.15) is 22.8 Å². The van der Waals surface area contributed by atoms with Crippen LogP contribution >= 0.6 is 15.9 Å². The van der Waals surface area contributed by atoms with Crippen molar-refractivity contribution in [3.63, 3.8) is 0 Å². The Morgan fingerprint density at radius 2 is 2.09 bits per heavy atom. The van der Waals surface area contributed by atoms with E-state index in [4.69, 9.17) is 0 Å². The van der Waals surface area contributed by atoms with Crippen LogP contribution in [0.15, 0.2) is 53.3 Å². The van der Waals surface area contributed by atoms with E-state index in [2.05, 4.69) is 31.5 Å². The van der Waals surface area contributed by atoms with E-state index in [0.717, 1.165) is 10.0 Å². The average Bonchev–Trinajstić information content (AvgIpc) is 2.53. The lowest BCUT2D eigenvalue weighted by Crippen LogP contribution is -2.44. The highest BCUT2D eigenvalue weighted by Crippen LogP contribution is 2.11. The maximum absolute atomic E-state index is 12.1. The number of rotatable bonds is 5. The van der Waals surface area contributed by atoms with Crippen LogP contribution in [0.4, 0.5) is 0 Å². The van der Waals surface area contributed by atoms with Crippen LogP contribution in [0.25, 0.3) is 0 Å². The number of carbonyl (C=O) groups is 2. The van der Waals surface area contributed by atoms with Crippen molar-refractivity contribution < 1.29 is 9.59 Å². The van der Waals surface area contributed by atoms with Gasteiger partial charge in [0.15, 0.2) is 0 Å². The molecule has 1 aromatic carbocycles. The molecule has 1 heterocycles. The highest BCUT2D eigenvalue weighted by Gasteiger charge is 2.16. The van der Waals surface area contributed by atoms with E-state index in [1.165, 1.54) is 0 Å². The molecule has 0 saturated carbocycles.